The second-order valence-corrected chi connectivity index (χ2v) is 6.85. The Hall–Kier alpha value is -3.11. The van der Waals surface area contributed by atoms with Crippen molar-refractivity contribution in [1.29, 1.82) is 0 Å². The van der Waals surface area contributed by atoms with Crippen molar-refractivity contribution in [2.24, 2.45) is 0 Å². The highest BCUT2D eigenvalue weighted by atomic mass is 19.3. The fourth-order valence-corrected chi connectivity index (χ4v) is 3.45. The van der Waals surface area contributed by atoms with Gasteiger partial charge in [0.15, 0.2) is 29.4 Å². The van der Waals surface area contributed by atoms with Crippen molar-refractivity contribution in [2.75, 3.05) is 0 Å². The van der Waals surface area contributed by atoms with Gasteiger partial charge in [-0.2, -0.15) is 0 Å². The first-order valence-electron chi connectivity index (χ1n) is 8.61. The molecule has 30 heavy (non-hydrogen) atoms. The third-order valence-corrected chi connectivity index (χ3v) is 4.80. The van der Waals surface area contributed by atoms with Crippen LogP contribution in [0.3, 0.4) is 0 Å². The Bertz CT molecular complexity index is 1130. The van der Waals surface area contributed by atoms with Crippen LogP contribution in [0.5, 0.6) is 5.75 Å². The molecule has 4 rings (SSSR count). The van der Waals surface area contributed by atoms with E-state index in [1.165, 1.54) is 0 Å². The quantitative estimate of drug-likeness (QED) is 0.541. The smallest absolute Gasteiger partial charge is 0.256 e. The summed E-state index contributed by atoms with van der Waals surface area (Å²) in [6, 6.07) is 3.59. The minimum Gasteiger partial charge on any atom is -0.473 e. The van der Waals surface area contributed by atoms with Crippen LogP contribution >= 0.6 is 0 Å². The summed E-state index contributed by atoms with van der Waals surface area (Å²) >= 11 is 0. The Morgan fingerprint density at radius 2 is 1.73 bits per heavy atom. The molecule has 0 radical (unpaired) electrons. The van der Waals surface area contributed by atoms with Crippen molar-refractivity contribution in [1.82, 2.24) is 14.8 Å². The number of benzene rings is 2. The molecule has 0 saturated carbocycles. The number of ether oxygens (including phenoxy) is 1. The Balaban J connectivity index is 1.87. The van der Waals surface area contributed by atoms with Gasteiger partial charge < -0.3 is 9.30 Å². The zero-order chi connectivity index (χ0) is 21.8. The minimum absolute atomic E-state index is 0.359. The first-order chi connectivity index (χ1) is 14.1. The van der Waals surface area contributed by atoms with Gasteiger partial charge >= 0.3 is 0 Å². The molecule has 2 heterocycles. The number of aromatic nitrogens is 3. The average molecular weight is 431 g/mol. The van der Waals surface area contributed by atoms with E-state index < -0.39 is 71.0 Å². The minimum atomic E-state index is -2.98. The zero-order valence-electron chi connectivity index (χ0n) is 15.1. The molecular formula is C19H12F7N3O. The third-order valence-electron chi connectivity index (χ3n) is 4.80. The van der Waals surface area contributed by atoms with Gasteiger partial charge in [0.1, 0.15) is 17.5 Å². The molecule has 0 amide bonds. The van der Waals surface area contributed by atoms with E-state index in [0.717, 1.165) is 25.1 Å². The first-order valence-corrected chi connectivity index (χ1v) is 8.61. The highest BCUT2D eigenvalue weighted by Gasteiger charge is 2.52. The molecule has 0 fully saturated rings. The second kappa shape index (κ2) is 6.99. The van der Waals surface area contributed by atoms with Crippen molar-refractivity contribution in [3.8, 4) is 17.1 Å². The van der Waals surface area contributed by atoms with Gasteiger partial charge in [-0.05, 0) is 25.1 Å². The summed E-state index contributed by atoms with van der Waals surface area (Å²) in [5.74, 6) is -5.75. The summed E-state index contributed by atoms with van der Waals surface area (Å²) in [6.07, 6.45) is -5.18. The van der Waals surface area contributed by atoms with Gasteiger partial charge in [-0.25, -0.2) is 30.7 Å². The van der Waals surface area contributed by atoms with E-state index in [1.807, 2.05) is 0 Å². The molecule has 158 valence electrons. The molecule has 1 aliphatic rings. The van der Waals surface area contributed by atoms with Gasteiger partial charge in [-0.1, -0.05) is 0 Å². The number of alkyl halides is 3. The summed E-state index contributed by atoms with van der Waals surface area (Å²) in [7, 11) is 0. The van der Waals surface area contributed by atoms with Crippen LogP contribution in [0.2, 0.25) is 0 Å². The van der Waals surface area contributed by atoms with E-state index in [4.69, 9.17) is 4.74 Å². The monoisotopic (exact) mass is 431 g/mol. The molecule has 0 spiro atoms. The highest BCUT2D eigenvalue weighted by Crippen LogP contribution is 2.52. The molecule has 4 nitrogen and oxygen atoms in total. The highest BCUT2D eigenvalue weighted by molar-refractivity contribution is 5.57. The summed E-state index contributed by atoms with van der Waals surface area (Å²) < 4.78 is 103. The third kappa shape index (κ3) is 3.08. The first kappa shape index (κ1) is 20.2. The number of rotatable bonds is 4. The summed E-state index contributed by atoms with van der Waals surface area (Å²) in [4.78, 5) is 0. The van der Waals surface area contributed by atoms with Crippen LogP contribution in [0.25, 0.3) is 11.4 Å². The predicted octanol–water partition coefficient (Wildman–Crippen LogP) is 5.09. The van der Waals surface area contributed by atoms with Crippen LogP contribution in [0.1, 0.15) is 24.5 Å². The van der Waals surface area contributed by atoms with Crippen LogP contribution in [-0.2, 0) is 12.1 Å². The van der Waals surface area contributed by atoms with Crippen molar-refractivity contribution in [3.05, 3.63) is 65.0 Å². The van der Waals surface area contributed by atoms with E-state index in [-0.39, 0.29) is 5.56 Å². The maximum absolute atomic E-state index is 15.2. The second-order valence-electron chi connectivity index (χ2n) is 6.85. The van der Waals surface area contributed by atoms with Crippen molar-refractivity contribution in [2.45, 2.75) is 31.7 Å². The van der Waals surface area contributed by atoms with E-state index in [9.17, 15) is 26.3 Å². The van der Waals surface area contributed by atoms with E-state index >= 15 is 4.39 Å². The number of fused-ring (bicyclic) bond motifs is 1. The SMILES string of the molecule is CC1(c2nnc(-c3ccc(F)cc3F)n2CC(F)F)Oc2c(F)cc(F)cc2C1F. The molecule has 1 aliphatic heterocycles. The summed E-state index contributed by atoms with van der Waals surface area (Å²) in [5.41, 5.74) is -2.98. The molecule has 1 aromatic heterocycles. The van der Waals surface area contributed by atoms with Crippen LogP contribution in [0.15, 0.2) is 30.3 Å². The Morgan fingerprint density at radius 3 is 2.40 bits per heavy atom. The topological polar surface area (TPSA) is 39.9 Å². The number of hydrogen-bond donors (Lipinski definition) is 0. The van der Waals surface area contributed by atoms with Gasteiger partial charge in [0.05, 0.1) is 12.1 Å². The Kier molecular flexibility index (Phi) is 4.70. The van der Waals surface area contributed by atoms with Gasteiger partial charge in [0.25, 0.3) is 6.43 Å². The van der Waals surface area contributed by atoms with Crippen molar-refractivity contribution >= 4 is 0 Å². The van der Waals surface area contributed by atoms with Crippen LogP contribution in [0, 0.1) is 23.3 Å². The molecule has 2 atom stereocenters. The lowest BCUT2D eigenvalue weighted by Crippen LogP contribution is -2.34. The van der Waals surface area contributed by atoms with Crippen LogP contribution in [0.4, 0.5) is 30.7 Å². The molecule has 2 unspecified atom stereocenters. The average Bonchev–Trinajstić information content (AvgIpc) is 3.16. The number of hydrogen-bond acceptors (Lipinski definition) is 3. The summed E-state index contributed by atoms with van der Waals surface area (Å²) in [6.45, 7) is 0.0269. The summed E-state index contributed by atoms with van der Waals surface area (Å²) in [5, 5.41) is 7.35. The fraction of sp³-hybridized carbons (Fsp3) is 0.263. The fourth-order valence-electron chi connectivity index (χ4n) is 3.45. The van der Waals surface area contributed by atoms with Gasteiger partial charge in [0, 0.05) is 17.7 Å². The van der Waals surface area contributed by atoms with Crippen molar-refractivity contribution < 1.29 is 35.5 Å². The molecule has 0 aliphatic carbocycles. The molecule has 0 bridgehead atoms. The predicted molar refractivity (Wildman–Crippen MR) is 89.6 cm³/mol. The van der Waals surface area contributed by atoms with E-state index in [1.54, 1.807) is 0 Å². The lowest BCUT2D eigenvalue weighted by molar-refractivity contribution is 0.0146. The Morgan fingerprint density at radius 1 is 1.03 bits per heavy atom. The zero-order valence-corrected chi connectivity index (χ0v) is 15.1. The number of nitrogens with zero attached hydrogens (tertiary/aromatic N) is 3. The van der Waals surface area contributed by atoms with Crippen LogP contribution < -0.4 is 4.74 Å². The van der Waals surface area contributed by atoms with Gasteiger partial charge in [-0.3, -0.25) is 0 Å². The molecule has 2 aromatic carbocycles. The molecule has 0 saturated heterocycles. The lowest BCUT2D eigenvalue weighted by atomic mass is 9.95. The molecule has 3 aromatic rings. The normalized spacial score (nSPS) is 20.5. The van der Waals surface area contributed by atoms with Gasteiger partial charge in [-0.15, -0.1) is 10.2 Å². The van der Waals surface area contributed by atoms with E-state index in [0.29, 0.717) is 16.7 Å². The van der Waals surface area contributed by atoms with Gasteiger partial charge in [0.2, 0.25) is 5.60 Å². The molecule has 11 heteroatoms. The van der Waals surface area contributed by atoms with Crippen LogP contribution in [-0.4, -0.2) is 21.2 Å². The maximum Gasteiger partial charge on any atom is 0.256 e. The lowest BCUT2D eigenvalue weighted by Gasteiger charge is -2.26. The molecular weight excluding hydrogens is 419 g/mol. The maximum atomic E-state index is 15.2. The molecule has 0 N–H and O–H groups in total. The standard InChI is InChI=1S/C19H12F7N3O/c1-19(16(26)11-4-9(21)6-13(23)15(11)30-19)18-28-27-17(29(18)7-14(24)25)10-3-2-8(20)5-12(10)22/h2-6,14,16H,7H2,1H3. The largest absolute Gasteiger partial charge is 0.473 e. The van der Waals surface area contributed by atoms with E-state index in [2.05, 4.69) is 10.2 Å². The number of halogens is 7. The Labute approximate surface area is 164 Å². The van der Waals surface area contributed by atoms with Crippen molar-refractivity contribution in [3.63, 3.8) is 0 Å².